The number of alkyl halides is 3. The molecule has 0 unspecified atom stereocenters. The van der Waals surface area contributed by atoms with E-state index in [9.17, 15) is 86.8 Å². The predicted octanol–water partition coefficient (Wildman–Crippen LogP) is 18.4. The molecular weight excluding hydrogens is 1410 g/mol. The van der Waals surface area contributed by atoms with Gasteiger partial charge in [0, 0.05) is 6.07 Å². The van der Waals surface area contributed by atoms with Crippen LogP contribution in [-0.4, -0.2) is 33.2 Å². The van der Waals surface area contributed by atoms with Crippen molar-refractivity contribution in [3.63, 3.8) is 0 Å². The second kappa shape index (κ2) is 36.6. The van der Waals surface area contributed by atoms with Gasteiger partial charge in [-0.1, -0.05) is 181 Å². The van der Waals surface area contributed by atoms with Gasteiger partial charge in [-0.05, 0) is 116 Å². The lowest BCUT2D eigenvalue weighted by atomic mass is 10.1. The lowest BCUT2D eigenvalue weighted by Gasteiger charge is -2.13. The number of rotatable bonds is 12. The first-order valence-electron chi connectivity index (χ1n) is 29.4. The summed E-state index contributed by atoms with van der Waals surface area (Å²) in [6.07, 6.45) is -4.34. The number of aryl methyl sites for hydroxylation is 1. The van der Waals surface area contributed by atoms with Gasteiger partial charge in [0.2, 0.25) is 68.0 Å². The van der Waals surface area contributed by atoms with E-state index in [0.717, 1.165) is 21.9 Å². The van der Waals surface area contributed by atoms with Gasteiger partial charge in [-0.3, -0.25) is 0 Å². The van der Waals surface area contributed by atoms with Crippen molar-refractivity contribution in [2.75, 3.05) is 0 Å². The monoisotopic (exact) mass is 1460 g/mol. The molecule has 102 heavy (non-hydrogen) atoms. The Morgan fingerprint density at radius 2 is 0.490 bits per heavy atom. The summed E-state index contributed by atoms with van der Waals surface area (Å²) >= 11 is 0. The minimum atomic E-state index is -4.34. The number of carboxylic acids is 3. The third-order valence-electron chi connectivity index (χ3n) is 13.6. The normalized spacial score (nSPS) is 10.7. The van der Waals surface area contributed by atoms with E-state index in [1.165, 1.54) is 118 Å². The van der Waals surface area contributed by atoms with Gasteiger partial charge in [0.1, 0.15) is 10.9 Å². The van der Waals surface area contributed by atoms with Crippen LogP contribution in [0.1, 0.15) is 42.2 Å². The van der Waals surface area contributed by atoms with Crippen molar-refractivity contribution in [2.24, 2.45) is 0 Å². The first-order chi connectivity index (χ1) is 48.6. The van der Waals surface area contributed by atoms with E-state index in [-0.39, 0.29) is 27.6 Å². The van der Waals surface area contributed by atoms with E-state index in [1.807, 2.05) is 66.7 Å². The molecule has 0 heterocycles. The zero-order valence-corrected chi connectivity index (χ0v) is 54.9. The van der Waals surface area contributed by atoms with Gasteiger partial charge in [0.05, 0.1) is 44.0 Å². The number of aromatic carboxylic acids is 3. The molecule has 9 nitrogen and oxygen atoms in total. The van der Waals surface area contributed by atoms with Gasteiger partial charge in [0.25, 0.3) is 0 Å². The van der Waals surface area contributed by atoms with Gasteiger partial charge in [-0.25, -0.2) is 40.7 Å². The summed E-state index contributed by atoms with van der Waals surface area (Å²) in [6, 6.07) is 78.0. The van der Waals surface area contributed by atoms with Crippen molar-refractivity contribution >= 4 is 50.6 Å². The molecule has 12 aromatic rings. The van der Waals surface area contributed by atoms with Crippen molar-refractivity contribution in [3.05, 3.63) is 359 Å². The molecule has 0 aliphatic carbocycles. The fourth-order valence-corrected chi connectivity index (χ4v) is 15.5. The van der Waals surface area contributed by atoms with E-state index < -0.39 is 142 Å². The van der Waals surface area contributed by atoms with E-state index in [0.29, 0.717) is 10.5 Å². The van der Waals surface area contributed by atoms with Crippen LogP contribution in [0.2, 0.25) is 0 Å². The number of para-hydroxylation sites is 3. The summed E-state index contributed by atoms with van der Waals surface area (Å²) in [4.78, 5) is 33.5. The Balaban J connectivity index is 0.000000181. The molecule has 25 heteroatoms. The molecule has 0 bridgehead atoms. The topological polar surface area (TPSA) is 181 Å². The van der Waals surface area contributed by atoms with Crippen molar-refractivity contribution in [1.82, 2.24) is 0 Å². The Labute approximate surface area is 583 Å². The average molecular weight is 1460 g/mol. The quantitative estimate of drug-likeness (QED) is 0.0464. The molecule has 0 spiro atoms. The molecule has 0 saturated heterocycles. The van der Waals surface area contributed by atoms with Crippen molar-refractivity contribution in [1.29, 1.82) is 0 Å². The fraction of sp³-hybridized carbons (Fsp3) is 0.0260. The van der Waals surface area contributed by atoms with Crippen LogP contribution >= 0.6 is 0 Å². The Bertz CT molecular complexity index is 4410. The summed E-state index contributed by atoms with van der Waals surface area (Å²) in [6.45, 7) is 1.70. The van der Waals surface area contributed by atoms with Gasteiger partial charge in [0.15, 0.2) is 34.3 Å². The van der Waals surface area contributed by atoms with Crippen LogP contribution in [0.15, 0.2) is 317 Å². The zero-order valence-electron chi connectivity index (χ0n) is 52.4. The molecule has 0 aliphatic heterocycles. The Hall–Kier alpha value is -11.4. The van der Waals surface area contributed by atoms with E-state index in [1.54, 1.807) is 6.92 Å². The third kappa shape index (κ3) is 20.2. The van der Waals surface area contributed by atoms with E-state index in [4.69, 9.17) is 15.3 Å². The van der Waals surface area contributed by atoms with Crippen LogP contribution in [0.25, 0.3) is 0 Å². The highest BCUT2D eigenvalue weighted by Crippen LogP contribution is 2.42. The zero-order chi connectivity index (χ0) is 74.4. The summed E-state index contributed by atoms with van der Waals surface area (Å²) in [5, 5.41) is 57.1. The minimum Gasteiger partial charge on any atom is -0.872 e. The van der Waals surface area contributed by atoms with Gasteiger partial charge in [-0.15, -0.1) is 0 Å². The molecule has 3 N–H and O–H groups in total. The van der Waals surface area contributed by atoms with E-state index in [2.05, 4.69) is 91.0 Å². The Morgan fingerprint density at radius 3 is 0.706 bits per heavy atom. The number of benzene rings is 12. The van der Waals surface area contributed by atoms with Crippen LogP contribution < -0.4 is 15.3 Å². The first-order valence-corrected chi connectivity index (χ1v) is 33.0. The Kier molecular flexibility index (Phi) is 28.0. The minimum absolute atomic E-state index is 0.0146. The standard InChI is InChI=1S/C20H16F3S.C18H5F10S.C18H15S.3C7H6O3/c1-15-12-16(20(21,22)23)14-19(13-15)24(17-8-4-2-5-9-17)18-10-6-3-7-11-18;19-7-9(21)13(25)17(14(26)10(7)22)29(6-4-2-1-3-5-6)18-15(27)11(23)8(20)12(24)16(18)28;1-4-10-16(11-5-1)19(17-12-6-2-7-13-17)18-14-8-3-9-15-18;3*8-6-4-2-1-3-5(6)7(9)10/h2-14H,1H3;1-5H;1-15H;3*1-4,8H,(H,9,10)/q3*+1;;;/p-3. The van der Waals surface area contributed by atoms with Crippen LogP contribution in [0, 0.1) is 65.1 Å². The summed E-state index contributed by atoms with van der Waals surface area (Å²) in [5.41, 5.74) is -0.515. The maximum absolute atomic E-state index is 14.3. The molecule has 0 amide bonds. The maximum atomic E-state index is 14.3. The van der Waals surface area contributed by atoms with Gasteiger partial charge in [-0.2, -0.15) is 30.7 Å². The second-order valence-corrected chi connectivity index (χ2v) is 26.5. The molecule has 12 aromatic carbocycles. The molecule has 0 fully saturated rings. The number of hydrogen-bond acceptors (Lipinski definition) is 6. The van der Waals surface area contributed by atoms with Crippen molar-refractivity contribution in [3.8, 4) is 17.2 Å². The predicted molar refractivity (Wildman–Crippen MR) is 352 cm³/mol. The number of hydrogen-bond donors (Lipinski definition) is 3. The lowest BCUT2D eigenvalue weighted by Crippen LogP contribution is -2.19. The third-order valence-corrected chi connectivity index (χ3v) is 20.3. The van der Waals surface area contributed by atoms with Crippen molar-refractivity contribution < 1.29 is 102 Å². The SMILES string of the molecule is Cc1cc([S+](c2ccccc2)c2ccccc2)cc(C(F)(F)F)c1.Fc1c(F)c(F)c([S+](c2ccccc2)c2c(F)c(F)c(F)c(F)c2F)c(F)c1F.O=C(O)c1ccccc1[O-].O=C(O)c1ccccc1[O-].O=C(O)c1ccccc1[O-].c1ccc([S+](c2ccccc2)c2ccccc2)cc1. The fourth-order valence-electron chi connectivity index (χ4n) is 8.98. The van der Waals surface area contributed by atoms with Gasteiger partial charge >= 0.3 is 24.1 Å². The lowest BCUT2D eigenvalue weighted by molar-refractivity contribution is -0.269. The van der Waals surface area contributed by atoms with Crippen molar-refractivity contribution in [2.45, 2.75) is 57.2 Å². The highest BCUT2D eigenvalue weighted by molar-refractivity contribution is 7.97. The molecule has 0 atom stereocenters. The summed E-state index contributed by atoms with van der Waals surface area (Å²) in [5.74, 6) is -29.5. The van der Waals surface area contributed by atoms with Crippen LogP contribution in [0.5, 0.6) is 17.2 Å². The summed E-state index contributed by atoms with van der Waals surface area (Å²) in [7, 11) is -3.50. The van der Waals surface area contributed by atoms with Gasteiger partial charge < -0.3 is 30.6 Å². The number of carboxylic acid groups (broad SMARTS) is 3. The average Bonchev–Trinajstić information content (AvgIpc) is 0.744. The molecule has 0 saturated carbocycles. The molecule has 0 aliphatic rings. The summed E-state index contributed by atoms with van der Waals surface area (Å²) < 4.78 is 178. The van der Waals surface area contributed by atoms with E-state index >= 15 is 0 Å². The van der Waals surface area contributed by atoms with Crippen LogP contribution in [0.3, 0.4) is 0 Å². The molecule has 12 rings (SSSR count). The number of halogens is 13. The maximum Gasteiger partial charge on any atom is 0.416 e. The smallest absolute Gasteiger partial charge is 0.416 e. The van der Waals surface area contributed by atoms with Crippen LogP contribution in [-0.2, 0) is 38.9 Å². The highest BCUT2D eigenvalue weighted by Gasteiger charge is 2.47. The molecule has 522 valence electrons. The first kappa shape index (κ1) is 77.9. The number of carbonyl (C=O) groups is 3. The second-order valence-electron chi connectivity index (χ2n) is 20.5. The Morgan fingerprint density at radius 1 is 0.284 bits per heavy atom. The highest BCUT2D eigenvalue weighted by atomic mass is 32.2. The molecular formula is C77H51F13O9S3. The van der Waals surface area contributed by atoms with Crippen LogP contribution in [0.4, 0.5) is 57.1 Å². The largest absolute Gasteiger partial charge is 0.872 e. The molecule has 0 aromatic heterocycles. The molecule has 0 radical (unpaired) electrons.